The van der Waals surface area contributed by atoms with Crippen LogP contribution in [0.5, 0.6) is 0 Å². The molecule has 0 saturated heterocycles. The van der Waals surface area contributed by atoms with Crippen molar-refractivity contribution in [1.82, 2.24) is 10.6 Å². The van der Waals surface area contributed by atoms with Gasteiger partial charge in [0.1, 0.15) is 0 Å². The van der Waals surface area contributed by atoms with Crippen molar-refractivity contribution in [1.29, 1.82) is 0 Å². The summed E-state index contributed by atoms with van der Waals surface area (Å²) in [5.41, 5.74) is 0. The molecule has 1 atom stereocenters. The van der Waals surface area contributed by atoms with Crippen LogP contribution in [-0.4, -0.2) is 35.1 Å². The second-order valence-corrected chi connectivity index (χ2v) is 6.75. The van der Waals surface area contributed by atoms with E-state index in [2.05, 4.69) is 22.8 Å². The van der Waals surface area contributed by atoms with Crippen molar-refractivity contribution in [3.63, 3.8) is 0 Å². The van der Waals surface area contributed by atoms with E-state index in [1.54, 1.807) is 0 Å². The summed E-state index contributed by atoms with van der Waals surface area (Å²) < 4.78 is 0.152. The van der Waals surface area contributed by atoms with E-state index < -0.39 is 0 Å². The maximum Gasteiger partial charge on any atom is 0.315 e. The molecule has 1 fully saturated rings. The van der Waals surface area contributed by atoms with Crippen molar-refractivity contribution >= 4 is 17.8 Å². The molecular weight excluding hydrogens is 272 g/mol. The number of benzene rings is 1. The number of hydrogen-bond donors (Lipinski definition) is 3. The summed E-state index contributed by atoms with van der Waals surface area (Å²) in [6.45, 7) is 2.59. The molecule has 0 aliphatic heterocycles. The number of hydrogen-bond acceptors (Lipinski definition) is 3. The molecule has 5 heteroatoms. The number of rotatable bonds is 7. The third kappa shape index (κ3) is 4.42. The number of carbonyl (C=O) groups is 1. The van der Waals surface area contributed by atoms with Crippen molar-refractivity contribution < 1.29 is 9.90 Å². The SMILES string of the molecule is CCC(CO)NC(=O)NCC1(Sc2ccccc2)CC1. The highest BCUT2D eigenvalue weighted by molar-refractivity contribution is 8.01. The Balaban J connectivity index is 1.77. The van der Waals surface area contributed by atoms with Crippen LogP contribution in [0.2, 0.25) is 0 Å². The lowest BCUT2D eigenvalue weighted by Gasteiger charge is -2.18. The standard InChI is InChI=1S/C15H22N2O2S/c1-2-12(10-18)17-14(19)16-11-15(8-9-15)20-13-6-4-3-5-7-13/h3-7,12,18H,2,8-11H2,1H3,(H2,16,17,19). The molecule has 20 heavy (non-hydrogen) atoms. The molecule has 1 aliphatic carbocycles. The Labute approximate surface area is 124 Å². The Bertz CT molecular complexity index is 431. The smallest absolute Gasteiger partial charge is 0.315 e. The molecule has 0 heterocycles. The third-order valence-corrected chi connectivity index (χ3v) is 5.00. The number of amides is 2. The third-order valence-electron chi connectivity index (χ3n) is 3.50. The highest BCUT2D eigenvalue weighted by Gasteiger charge is 2.43. The van der Waals surface area contributed by atoms with Crippen molar-refractivity contribution in [3.8, 4) is 0 Å². The molecule has 1 aliphatic rings. The van der Waals surface area contributed by atoms with E-state index in [4.69, 9.17) is 5.11 Å². The minimum Gasteiger partial charge on any atom is -0.394 e. The van der Waals surface area contributed by atoms with Gasteiger partial charge in [0.25, 0.3) is 0 Å². The van der Waals surface area contributed by atoms with E-state index in [-0.39, 0.29) is 23.4 Å². The van der Waals surface area contributed by atoms with Crippen LogP contribution in [-0.2, 0) is 0 Å². The number of thioether (sulfide) groups is 1. The first kappa shape index (κ1) is 15.2. The molecule has 1 saturated carbocycles. The summed E-state index contributed by atoms with van der Waals surface area (Å²) in [6, 6.07) is 9.93. The number of aliphatic hydroxyl groups excluding tert-OH is 1. The lowest BCUT2D eigenvalue weighted by atomic mass is 10.2. The van der Waals surface area contributed by atoms with Gasteiger partial charge in [-0.25, -0.2) is 4.79 Å². The van der Waals surface area contributed by atoms with Crippen LogP contribution in [0.3, 0.4) is 0 Å². The van der Waals surface area contributed by atoms with Crippen LogP contribution in [0, 0.1) is 0 Å². The fraction of sp³-hybridized carbons (Fsp3) is 0.533. The average molecular weight is 294 g/mol. The van der Waals surface area contributed by atoms with Crippen LogP contribution < -0.4 is 10.6 Å². The zero-order valence-electron chi connectivity index (χ0n) is 11.8. The molecule has 0 bridgehead atoms. The normalized spacial score (nSPS) is 17.3. The van der Waals surface area contributed by atoms with Gasteiger partial charge in [-0.2, -0.15) is 0 Å². The van der Waals surface area contributed by atoms with E-state index in [1.165, 1.54) is 4.90 Å². The second kappa shape index (κ2) is 6.99. The molecule has 3 N–H and O–H groups in total. The fourth-order valence-electron chi connectivity index (χ4n) is 1.95. The molecule has 1 aromatic rings. The Hall–Kier alpha value is -1.20. The Kier molecular flexibility index (Phi) is 5.31. The predicted molar refractivity (Wildman–Crippen MR) is 82.0 cm³/mol. The molecule has 1 unspecified atom stereocenters. The molecule has 110 valence electrons. The molecule has 4 nitrogen and oxygen atoms in total. The van der Waals surface area contributed by atoms with Gasteiger partial charge >= 0.3 is 6.03 Å². The minimum absolute atomic E-state index is 0.0200. The summed E-state index contributed by atoms with van der Waals surface area (Å²) in [5, 5.41) is 14.8. The first-order valence-corrected chi connectivity index (χ1v) is 7.88. The van der Waals surface area contributed by atoms with Crippen molar-refractivity contribution in [2.45, 2.75) is 41.9 Å². The summed E-state index contributed by atoms with van der Waals surface area (Å²) in [6.07, 6.45) is 2.99. The molecule has 2 rings (SSSR count). The molecule has 0 aromatic heterocycles. The number of nitrogens with one attached hydrogen (secondary N) is 2. The molecule has 0 spiro atoms. The number of aliphatic hydroxyl groups is 1. The molecule has 2 amide bonds. The maximum absolute atomic E-state index is 11.8. The van der Waals surface area contributed by atoms with Crippen molar-refractivity contribution in [2.24, 2.45) is 0 Å². The van der Waals surface area contributed by atoms with Gasteiger partial charge in [0.15, 0.2) is 0 Å². The fourth-order valence-corrected chi connectivity index (χ4v) is 3.19. The molecule has 1 aromatic carbocycles. The van der Waals surface area contributed by atoms with Crippen LogP contribution in [0.15, 0.2) is 35.2 Å². The van der Waals surface area contributed by atoms with Crippen molar-refractivity contribution in [3.05, 3.63) is 30.3 Å². The van der Waals surface area contributed by atoms with Gasteiger partial charge in [-0.15, -0.1) is 11.8 Å². The molecular formula is C15H22N2O2S. The molecule has 0 radical (unpaired) electrons. The minimum atomic E-state index is -0.189. The van der Waals surface area contributed by atoms with E-state index in [0.717, 1.165) is 19.3 Å². The first-order chi connectivity index (χ1) is 9.67. The highest BCUT2D eigenvalue weighted by Crippen LogP contribution is 2.51. The second-order valence-electron chi connectivity index (χ2n) is 5.21. The summed E-state index contributed by atoms with van der Waals surface area (Å²) in [5.74, 6) is 0. The summed E-state index contributed by atoms with van der Waals surface area (Å²) in [4.78, 5) is 13.0. The van der Waals surface area contributed by atoms with Crippen LogP contribution in [0.25, 0.3) is 0 Å². The quantitative estimate of drug-likeness (QED) is 0.723. The van der Waals surface area contributed by atoms with Crippen LogP contribution >= 0.6 is 11.8 Å². The zero-order valence-corrected chi connectivity index (χ0v) is 12.6. The van der Waals surface area contributed by atoms with Gasteiger partial charge in [-0.05, 0) is 31.4 Å². The van der Waals surface area contributed by atoms with Gasteiger partial charge in [0.2, 0.25) is 0 Å². The predicted octanol–water partition coefficient (Wildman–Crippen LogP) is 2.38. The van der Waals surface area contributed by atoms with E-state index in [0.29, 0.717) is 6.54 Å². The lowest BCUT2D eigenvalue weighted by molar-refractivity contribution is 0.214. The average Bonchev–Trinajstić information content (AvgIpc) is 3.24. The number of urea groups is 1. The monoisotopic (exact) mass is 294 g/mol. The van der Waals surface area contributed by atoms with E-state index >= 15 is 0 Å². The van der Waals surface area contributed by atoms with Gasteiger partial charge in [0.05, 0.1) is 12.6 Å². The first-order valence-electron chi connectivity index (χ1n) is 7.07. The summed E-state index contributed by atoms with van der Waals surface area (Å²) in [7, 11) is 0. The van der Waals surface area contributed by atoms with Gasteiger partial charge in [0, 0.05) is 16.2 Å². The summed E-state index contributed by atoms with van der Waals surface area (Å²) >= 11 is 1.84. The lowest BCUT2D eigenvalue weighted by Crippen LogP contribution is -2.45. The Morgan fingerprint density at radius 3 is 2.65 bits per heavy atom. The Morgan fingerprint density at radius 1 is 1.40 bits per heavy atom. The topological polar surface area (TPSA) is 61.4 Å². The zero-order chi connectivity index (χ0) is 14.4. The highest BCUT2D eigenvalue weighted by atomic mass is 32.2. The maximum atomic E-state index is 11.8. The van der Waals surface area contributed by atoms with E-state index in [1.807, 2.05) is 36.9 Å². The number of carbonyl (C=O) groups excluding carboxylic acids is 1. The van der Waals surface area contributed by atoms with Crippen LogP contribution in [0.4, 0.5) is 4.79 Å². The van der Waals surface area contributed by atoms with Crippen molar-refractivity contribution in [2.75, 3.05) is 13.2 Å². The van der Waals surface area contributed by atoms with Gasteiger partial charge in [-0.1, -0.05) is 25.1 Å². The van der Waals surface area contributed by atoms with Gasteiger partial charge in [-0.3, -0.25) is 0 Å². The van der Waals surface area contributed by atoms with Gasteiger partial charge < -0.3 is 15.7 Å². The Morgan fingerprint density at radius 2 is 2.10 bits per heavy atom. The van der Waals surface area contributed by atoms with Crippen LogP contribution in [0.1, 0.15) is 26.2 Å². The van der Waals surface area contributed by atoms with E-state index in [9.17, 15) is 4.79 Å². The largest absolute Gasteiger partial charge is 0.394 e.